The van der Waals surface area contributed by atoms with Crippen molar-refractivity contribution in [1.82, 2.24) is 10.2 Å². The molecule has 3 aromatic rings. The van der Waals surface area contributed by atoms with Gasteiger partial charge in [-0.3, -0.25) is 15.0 Å². The van der Waals surface area contributed by atoms with Crippen LogP contribution in [0.5, 0.6) is 17.2 Å². The normalized spacial score (nSPS) is 10.3. The number of nitrogen functional groups attached to an aromatic ring is 1. The van der Waals surface area contributed by atoms with Crippen LogP contribution in [0.4, 0.5) is 0 Å². The first-order chi connectivity index (χ1) is 15.0. The fraction of sp³-hybridized carbons (Fsp3) is 0.182. The van der Waals surface area contributed by atoms with Crippen LogP contribution < -0.4 is 35.7 Å². The molecule has 3 N–H and O–H groups in total. The standard InChI is InChI=1S/C22H23N3O6/c1-28-17-7-3-15(4-8-17)13-30-21-12-25(19(11-20(21)26)22(27)24-23)31-14-16-5-9-18(29-2)10-6-16/h3-12H,13-14,23H2,1-2H3,(H,24,27). The van der Waals surface area contributed by atoms with Crippen molar-refractivity contribution in [2.24, 2.45) is 5.84 Å². The van der Waals surface area contributed by atoms with E-state index in [1.54, 1.807) is 38.5 Å². The first-order valence-electron chi connectivity index (χ1n) is 9.33. The maximum atomic E-state index is 12.4. The van der Waals surface area contributed by atoms with Crippen molar-refractivity contribution in [3.63, 3.8) is 0 Å². The average molecular weight is 425 g/mol. The minimum absolute atomic E-state index is 0.0270. The van der Waals surface area contributed by atoms with Gasteiger partial charge in [-0.2, -0.15) is 4.73 Å². The molecular weight excluding hydrogens is 402 g/mol. The molecule has 0 fully saturated rings. The Morgan fingerprint density at radius 3 is 2.00 bits per heavy atom. The van der Waals surface area contributed by atoms with Crippen LogP contribution in [0.15, 0.2) is 65.6 Å². The monoisotopic (exact) mass is 425 g/mol. The number of nitrogens with two attached hydrogens (primary N) is 1. The van der Waals surface area contributed by atoms with Gasteiger partial charge in [0, 0.05) is 6.07 Å². The quantitative estimate of drug-likeness (QED) is 0.305. The van der Waals surface area contributed by atoms with Crippen molar-refractivity contribution in [3.05, 3.63) is 87.8 Å². The number of hydrogen-bond donors (Lipinski definition) is 2. The Hall–Kier alpha value is -3.98. The van der Waals surface area contributed by atoms with E-state index in [4.69, 9.17) is 24.9 Å². The van der Waals surface area contributed by atoms with E-state index in [2.05, 4.69) is 0 Å². The van der Waals surface area contributed by atoms with Crippen molar-refractivity contribution in [2.75, 3.05) is 14.2 Å². The highest BCUT2D eigenvalue weighted by atomic mass is 16.7. The third-order valence-electron chi connectivity index (χ3n) is 4.43. The van der Waals surface area contributed by atoms with Crippen LogP contribution in [0.3, 0.4) is 0 Å². The first kappa shape index (κ1) is 21.7. The molecule has 1 amide bonds. The van der Waals surface area contributed by atoms with E-state index in [0.29, 0.717) is 5.75 Å². The number of hydrazine groups is 1. The number of amides is 1. The second-order valence-corrected chi connectivity index (χ2v) is 6.44. The van der Waals surface area contributed by atoms with Crippen LogP contribution in [0.1, 0.15) is 21.6 Å². The molecule has 0 aliphatic rings. The highest BCUT2D eigenvalue weighted by Gasteiger charge is 2.15. The number of benzene rings is 2. The Bertz CT molecular complexity index is 1080. The van der Waals surface area contributed by atoms with Gasteiger partial charge in [0.1, 0.15) is 30.4 Å². The minimum Gasteiger partial charge on any atom is -0.497 e. The zero-order valence-electron chi connectivity index (χ0n) is 17.2. The number of carbonyl (C=O) groups excluding carboxylic acids is 1. The summed E-state index contributed by atoms with van der Waals surface area (Å²) in [5.41, 5.74) is 3.14. The van der Waals surface area contributed by atoms with E-state index in [9.17, 15) is 9.59 Å². The van der Waals surface area contributed by atoms with Gasteiger partial charge in [0.25, 0.3) is 5.91 Å². The third kappa shape index (κ3) is 5.55. The summed E-state index contributed by atoms with van der Waals surface area (Å²) in [6, 6.07) is 15.6. The lowest BCUT2D eigenvalue weighted by Gasteiger charge is -2.15. The van der Waals surface area contributed by atoms with Crippen molar-refractivity contribution in [1.29, 1.82) is 0 Å². The predicted molar refractivity (Wildman–Crippen MR) is 113 cm³/mol. The van der Waals surface area contributed by atoms with E-state index in [0.717, 1.165) is 27.7 Å². The molecular formula is C22H23N3O6. The van der Waals surface area contributed by atoms with E-state index >= 15 is 0 Å². The summed E-state index contributed by atoms with van der Waals surface area (Å²) in [6.45, 7) is 0.287. The number of rotatable bonds is 9. The Morgan fingerprint density at radius 1 is 0.935 bits per heavy atom. The van der Waals surface area contributed by atoms with Crippen LogP contribution in [-0.4, -0.2) is 24.9 Å². The van der Waals surface area contributed by atoms with Crippen molar-refractivity contribution in [2.45, 2.75) is 13.2 Å². The van der Waals surface area contributed by atoms with E-state index in [1.165, 1.54) is 6.20 Å². The van der Waals surface area contributed by atoms with Gasteiger partial charge in [-0.15, -0.1) is 0 Å². The highest BCUT2D eigenvalue weighted by Crippen LogP contribution is 2.15. The van der Waals surface area contributed by atoms with Gasteiger partial charge >= 0.3 is 0 Å². The van der Waals surface area contributed by atoms with E-state index < -0.39 is 11.3 Å². The van der Waals surface area contributed by atoms with Crippen LogP contribution in [0.2, 0.25) is 0 Å². The lowest BCUT2D eigenvalue weighted by atomic mass is 10.2. The molecule has 0 saturated heterocycles. The number of methoxy groups -OCH3 is 2. The molecule has 1 aromatic heterocycles. The number of carbonyl (C=O) groups is 1. The molecule has 9 nitrogen and oxygen atoms in total. The fourth-order valence-electron chi connectivity index (χ4n) is 2.70. The van der Waals surface area contributed by atoms with Gasteiger partial charge in [-0.05, 0) is 35.4 Å². The second kappa shape index (κ2) is 10.2. The molecule has 31 heavy (non-hydrogen) atoms. The number of ether oxygens (including phenoxy) is 3. The molecule has 3 rings (SSSR count). The third-order valence-corrected chi connectivity index (χ3v) is 4.43. The number of aromatic nitrogens is 1. The van der Waals surface area contributed by atoms with Gasteiger partial charge in [0.05, 0.1) is 20.4 Å². The minimum atomic E-state index is -0.673. The van der Waals surface area contributed by atoms with E-state index in [-0.39, 0.29) is 24.7 Å². The maximum Gasteiger partial charge on any atom is 0.285 e. The molecule has 9 heteroatoms. The molecule has 0 bridgehead atoms. The fourth-order valence-corrected chi connectivity index (χ4v) is 2.70. The number of hydrogen-bond acceptors (Lipinski definition) is 7. The predicted octanol–water partition coefficient (Wildman–Crippen LogP) is 1.68. The van der Waals surface area contributed by atoms with Crippen LogP contribution in [0, 0.1) is 0 Å². The van der Waals surface area contributed by atoms with Gasteiger partial charge in [-0.25, -0.2) is 5.84 Å². The SMILES string of the molecule is COc1ccc(COc2cn(OCc3ccc(OC)cc3)c(C(=O)NN)cc2=O)cc1. The molecule has 0 saturated carbocycles. The maximum absolute atomic E-state index is 12.4. The van der Waals surface area contributed by atoms with Crippen molar-refractivity contribution in [3.8, 4) is 17.2 Å². The van der Waals surface area contributed by atoms with Crippen molar-refractivity contribution < 1.29 is 23.8 Å². The number of nitrogens with one attached hydrogen (secondary N) is 1. The molecule has 162 valence electrons. The average Bonchev–Trinajstić information content (AvgIpc) is 2.82. The molecule has 0 aliphatic carbocycles. The van der Waals surface area contributed by atoms with E-state index in [1.807, 2.05) is 29.7 Å². The molecule has 0 aliphatic heterocycles. The number of pyridine rings is 1. The number of nitrogens with zero attached hydrogens (tertiary/aromatic N) is 1. The largest absolute Gasteiger partial charge is 0.497 e. The second-order valence-electron chi connectivity index (χ2n) is 6.44. The molecule has 0 spiro atoms. The van der Waals surface area contributed by atoms with Crippen LogP contribution in [0.25, 0.3) is 0 Å². The molecule has 0 atom stereocenters. The lowest BCUT2D eigenvalue weighted by molar-refractivity contribution is 0.0735. The Balaban J connectivity index is 1.79. The summed E-state index contributed by atoms with van der Waals surface area (Å²) in [7, 11) is 3.16. The molecule has 1 heterocycles. The van der Waals surface area contributed by atoms with Crippen LogP contribution in [-0.2, 0) is 13.2 Å². The van der Waals surface area contributed by atoms with Crippen LogP contribution >= 0.6 is 0 Å². The van der Waals surface area contributed by atoms with Gasteiger partial charge in [0.15, 0.2) is 5.75 Å². The lowest BCUT2D eigenvalue weighted by Crippen LogP contribution is -2.35. The van der Waals surface area contributed by atoms with Crippen molar-refractivity contribution >= 4 is 5.91 Å². The smallest absolute Gasteiger partial charge is 0.285 e. The van der Waals surface area contributed by atoms with Gasteiger partial charge in [0.2, 0.25) is 5.43 Å². The highest BCUT2D eigenvalue weighted by molar-refractivity contribution is 5.92. The Labute approximate surface area is 178 Å². The first-order valence-corrected chi connectivity index (χ1v) is 9.33. The zero-order chi connectivity index (χ0) is 22.2. The molecule has 0 radical (unpaired) electrons. The van der Waals surface area contributed by atoms with Gasteiger partial charge in [-0.1, -0.05) is 24.3 Å². The summed E-state index contributed by atoms with van der Waals surface area (Å²) in [5.74, 6) is 6.02. The summed E-state index contributed by atoms with van der Waals surface area (Å²) >= 11 is 0. The van der Waals surface area contributed by atoms with Gasteiger partial charge < -0.3 is 19.0 Å². The Morgan fingerprint density at radius 2 is 1.48 bits per heavy atom. The zero-order valence-corrected chi connectivity index (χ0v) is 17.2. The Kier molecular flexibility index (Phi) is 7.13. The molecule has 2 aromatic carbocycles. The molecule has 0 unspecified atom stereocenters. The summed E-state index contributed by atoms with van der Waals surface area (Å²) in [4.78, 5) is 30.2. The summed E-state index contributed by atoms with van der Waals surface area (Å²) in [6.07, 6.45) is 1.32. The topological polar surface area (TPSA) is 114 Å². The summed E-state index contributed by atoms with van der Waals surface area (Å²) < 4.78 is 17.1. The summed E-state index contributed by atoms with van der Waals surface area (Å²) in [5, 5.41) is 0.